The number of aromatic nitrogens is 3. The second kappa shape index (κ2) is 9.06. The van der Waals surface area contributed by atoms with Gasteiger partial charge in [-0.1, -0.05) is 26.0 Å². The minimum atomic E-state index is 0.0414. The van der Waals surface area contributed by atoms with Gasteiger partial charge in [-0.2, -0.15) is 5.10 Å². The van der Waals surface area contributed by atoms with Crippen LogP contribution in [0.5, 0.6) is 5.75 Å². The van der Waals surface area contributed by atoms with Crippen LogP contribution in [0.2, 0.25) is 0 Å². The van der Waals surface area contributed by atoms with Gasteiger partial charge in [-0.15, -0.1) is 0 Å². The van der Waals surface area contributed by atoms with E-state index in [0.717, 1.165) is 36.4 Å². The van der Waals surface area contributed by atoms with Crippen molar-refractivity contribution in [1.29, 1.82) is 0 Å². The maximum Gasteiger partial charge on any atom is 0.255 e. The lowest BCUT2D eigenvalue weighted by Gasteiger charge is -2.38. The van der Waals surface area contributed by atoms with Gasteiger partial charge in [0.15, 0.2) is 5.65 Å². The smallest absolute Gasteiger partial charge is 0.255 e. The molecule has 1 aromatic carbocycles. The summed E-state index contributed by atoms with van der Waals surface area (Å²) in [7, 11) is 1.69. The summed E-state index contributed by atoms with van der Waals surface area (Å²) < 4.78 is 7.27. The molecule has 1 unspecified atom stereocenters. The first-order chi connectivity index (χ1) is 15.0. The Morgan fingerprint density at radius 1 is 1.10 bits per heavy atom. The monoisotopic (exact) mass is 421 g/mol. The Morgan fingerprint density at radius 3 is 2.58 bits per heavy atom. The van der Waals surface area contributed by atoms with E-state index in [1.165, 1.54) is 5.56 Å². The average Bonchev–Trinajstić information content (AvgIpc) is 3.19. The van der Waals surface area contributed by atoms with Crippen molar-refractivity contribution in [3.8, 4) is 5.75 Å². The number of carbonyl (C=O) groups is 1. The number of piperazine rings is 1. The minimum Gasteiger partial charge on any atom is -0.497 e. The molecule has 4 rings (SSSR count). The number of benzene rings is 1. The van der Waals surface area contributed by atoms with Gasteiger partial charge in [0.2, 0.25) is 0 Å². The Balaban J connectivity index is 1.41. The molecule has 0 N–H and O–H groups in total. The summed E-state index contributed by atoms with van der Waals surface area (Å²) in [6.07, 6.45) is 3.49. The highest BCUT2D eigenvalue weighted by molar-refractivity contribution is 5.96. The number of fused-ring (bicyclic) bond motifs is 1. The summed E-state index contributed by atoms with van der Waals surface area (Å²) in [5, 5.41) is 5.35. The van der Waals surface area contributed by atoms with E-state index in [1.807, 2.05) is 27.8 Å². The summed E-state index contributed by atoms with van der Waals surface area (Å²) in [5.74, 6) is 1.40. The molecule has 1 atom stereocenters. The summed E-state index contributed by atoms with van der Waals surface area (Å²) >= 11 is 0. The molecule has 1 aliphatic heterocycles. The SMILES string of the molecule is COc1cccc(C(C)N2CCN(C(=O)c3cnc4c(cnn4CC(C)C)c3)CC2)c1. The summed E-state index contributed by atoms with van der Waals surface area (Å²) in [6.45, 7) is 10.4. The van der Waals surface area contributed by atoms with Gasteiger partial charge in [0, 0.05) is 50.3 Å². The second-order valence-electron chi connectivity index (χ2n) is 8.64. The van der Waals surface area contributed by atoms with Crippen LogP contribution in [-0.4, -0.2) is 63.8 Å². The molecule has 2 aromatic heterocycles. The molecule has 0 radical (unpaired) electrons. The molecular formula is C24H31N5O2. The summed E-state index contributed by atoms with van der Waals surface area (Å²) in [4.78, 5) is 22.0. The number of rotatable bonds is 6. The molecular weight excluding hydrogens is 390 g/mol. The van der Waals surface area contributed by atoms with Crippen LogP contribution < -0.4 is 4.74 Å². The predicted octanol–water partition coefficient (Wildman–Crippen LogP) is 3.61. The van der Waals surface area contributed by atoms with Crippen molar-refractivity contribution in [2.45, 2.75) is 33.4 Å². The van der Waals surface area contributed by atoms with Crippen LogP contribution >= 0.6 is 0 Å². The van der Waals surface area contributed by atoms with E-state index in [2.05, 4.69) is 47.9 Å². The molecule has 0 bridgehead atoms. The van der Waals surface area contributed by atoms with Crippen molar-refractivity contribution in [1.82, 2.24) is 24.6 Å². The van der Waals surface area contributed by atoms with Crippen LogP contribution in [0, 0.1) is 5.92 Å². The fraction of sp³-hybridized carbons (Fsp3) is 0.458. The lowest BCUT2D eigenvalue weighted by molar-refractivity contribution is 0.0582. The van der Waals surface area contributed by atoms with Gasteiger partial charge in [-0.3, -0.25) is 9.69 Å². The first-order valence-electron chi connectivity index (χ1n) is 10.9. The van der Waals surface area contributed by atoms with Crippen molar-refractivity contribution in [2.75, 3.05) is 33.3 Å². The van der Waals surface area contributed by atoms with Gasteiger partial charge < -0.3 is 9.64 Å². The van der Waals surface area contributed by atoms with Crippen LogP contribution in [0.25, 0.3) is 11.0 Å². The molecule has 1 amide bonds. The number of carbonyl (C=O) groups excluding carboxylic acids is 1. The van der Waals surface area contributed by atoms with E-state index >= 15 is 0 Å². The van der Waals surface area contributed by atoms with Crippen LogP contribution in [0.15, 0.2) is 42.7 Å². The highest BCUT2D eigenvalue weighted by Gasteiger charge is 2.26. The van der Waals surface area contributed by atoms with Crippen LogP contribution in [0.1, 0.15) is 42.7 Å². The van der Waals surface area contributed by atoms with Gasteiger partial charge in [-0.25, -0.2) is 9.67 Å². The van der Waals surface area contributed by atoms with Gasteiger partial charge in [0.1, 0.15) is 5.75 Å². The quantitative estimate of drug-likeness (QED) is 0.608. The molecule has 3 aromatic rings. The zero-order valence-electron chi connectivity index (χ0n) is 18.8. The van der Waals surface area contributed by atoms with Crippen LogP contribution in [-0.2, 0) is 6.54 Å². The van der Waals surface area contributed by atoms with E-state index in [9.17, 15) is 4.79 Å². The standard InChI is InChI=1S/C24H31N5O2/c1-17(2)16-29-23-20(15-26-29)12-21(14-25-23)24(30)28-10-8-27(9-11-28)18(3)19-6-5-7-22(13-19)31-4/h5-7,12-15,17-18H,8-11,16H2,1-4H3. The molecule has 0 saturated carbocycles. The molecule has 1 saturated heterocycles. The minimum absolute atomic E-state index is 0.0414. The third kappa shape index (κ3) is 4.56. The molecule has 0 aliphatic carbocycles. The highest BCUT2D eigenvalue weighted by Crippen LogP contribution is 2.25. The average molecular weight is 422 g/mol. The van der Waals surface area contributed by atoms with E-state index in [4.69, 9.17) is 4.74 Å². The van der Waals surface area contributed by atoms with Crippen molar-refractivity contribution in [3.05, 3.63) is 53.9 Å². The van der Waals surface area contributed by atoms with Crippen molar-refractivity contribution in [3.63, 3.8) is 0 Å². The van der Waals surface area contributed by atoms with Crippen LogP contribution in [0.4, 0.5) is 0 Å². The number of nitrogens with zero attached hydrogens (tertiary/aromatic N) is 5. The first kappa shape index (κ1) is 21.3. The normalized spacial score (nSPS) is 16.1. The number of amides is 1. The molecule has 1 aliphatic rings. The van der Waals surface area contributed by atoms with Gasteiger partial charge in [0.05, 0.1) is 18.9 Å². The van der Waals surface area contributed by atoms with Gasteiger partial charge >= 0.3 is 0 Å². The predicted molar refractivity (Wildman–Crippen MR) is 121 cm³/mol. The Kier molecular flexibility index (Phi) is 6.23. The van der Waals surface area contributed by atoms with E-state index in [-0.39, 0.29) is 11.9 Å². The van der Waals surface area contributed by atoms with Crippen molar-refractivity contribution < 1.29 is 9.53 Å². The van der Waals surface area contributed by atoms with E-state index < -0.39 is 0 Å². The molecule has 3 heterocycles. The Morgan fingerprint density at radius 2 is 1.87 bits per heavy atom. The Hall–Kier alpha value is -2.93. The van der Waals surface area contributed by atoms with Gasteiger partial charge in [-0.05, 0) is 36.6 Å². The molecule has 164 valence electrons. The Bertz CT molecular complexity index is 1050. The Labute approximate surface area is 183 Å². The molecule has 0 spiro atoms. The topological polar surface area (TPSA) is 63.5 Å². The largest absolute Gasteiger partial charge is 0.497 e. The highest BCUT2D eigenvalue weighted by atomic mass is 16.5. The zero-order valence-corrected chi connectivity index (χ0v) is 18.8. The maximum absolute atomic E-state index is 13.1. The fourth-order valence-electron chi connectivity index (χ4n) is 4.18. The number of methoxy groups -OCH3 is 1. The van der Waals surface area contributed by atoms with E-state index in [0.29, 0.717) is 24.6 Å². The van der Waals surface area contributed by atoms with Crippen LogP contribution in [0.3, 0.4) is 0 Å². The zero-order chi connectivity index (χ0) is 22.0. The molecule has 7 heteroatoms. The molecule has 31 heavy (non-hydrogen) atoms. The first-order valence-corrected chi connectivity index (χ1v) is 10.9. The number of hydrogen-bond acceptors (Lipinski definition) is 5. The lowest BCUT2D eigenvalue weighted by Crippen LogP contribution is -2.49. The van der Waals surface area contributed by atoms with Gasteiger partial charge in [0.25, 0.3) is 5.91 Å². The second-order valence-corrected chi connectivity index (χ2v) is 8.64. The fourth-order valence-corrected chi connectivity index (χ4v) is 4.18. The number of pyridine rings is 1. The third-order valence-corrected chi connectivity index (χ3v) is 5.99. The molecule has 7 nitrogen and oxygen atoms in total. The number of ether oxygens (including phenoxy) is 1. The maximum atomic E-state index is 13.1. The van der Waals surface area contributed by atoms with E-state index in [1.54, 1.807) is 19.5 Å². The van der Waals surface area contributed by atoms with Crippen molar-refractivity contribution >= 4 is 16.9 Å². The summed E-state index contributed by atoms with van der Waals surface area (Å²) in [6, 6.07) is 10.4. The third-order valence-electron chi connectivity index (χ3n) is 5.99. The van der Waals surface area contributed by atoms with Crippen molar-refractivity contribution in [2.24, 2.45) is 5.92 Å². The lowest BCUT2D eigenvalue weighted by atomic mass is 10.1. The number of hydrogen-bond donors (Lipinski definition) is 0. The molecule has 1 fully saturated rings. The summed E-state index contributed by atoms with van der Waals surface area (Å²) in [5.41, 5.74) is 2.69.